The summed E-state index contributed by atoms with van der Waals surface area (Å²) in [5.41, 5.74) is 4.77. The molecule has 1 fully saturated rings. The van der Waals surface area contributed by atoms with Crippen LogP contribution in [0.25, 0.3) is 0 Å². The van der Waals surface area contributed by atoms with Crippen molar-refractivity contribution in [2.75, 3.05) is 25.0 Å². The molecule has 0 radical (unpaired) electrons. The van der Waals surface area contributed by atoms with Gasteiger partial charge in [0.25, 0.3) is 5.56 Å². The van der Waals surface area contributed by atoms with Crippen molar-refractivity contribution >= 4 is 16.5 Å². The molecule has 152 valence electrons. The summed E-state index contributed by atoms with van der Waals surface area (Å²) in [7, 11) is 2.00. The quantitative estimate of drug-likeness (QED) is 0.636. The highest BCUT2D eigenvalue weighted by Crippen LogP contribution is 2.37. The second-order valence-corrected chi connectivity index (χ2v) is 9.04. The molecule has 0 amide bonds. The molecule has 0 spiro atoms. The number of rotatable bonds is 5. The Bertz CT molecular complexity index is 1060. The predicted octanol–water partition coefficient (Wildman–Crippen LogP) is 2.25. The van der Waals surface area contributed by atoms with Crippen LogP contribution >= 0.6 is 11.3 Å². The molecule has 8 nitrogen and oxygen atoms in total. The van der Waals surface area contributed by atoms with Crippen LogP contribution in [0.15, 0.2) is 33.0 Å². The van der Waals surface area contributed by atoms with Gasteiger partial charge >= 0.3 is 0 Å². The lowest BCUT2D eigenvalue weighted by molar-refractivity contribution is 0.260. The van der Waals surface area contributed by atoms with E-state index < -0.39 is 0 Å². The largest absolute Gasteiger partial charge is 0.360 e. The number of pyridine rings is 1. The zero-order chi connectivity index (χ0) is 20.0. The fraction of sp³-hybridized carbons (Fsp3) is 0.500. The lowest BCUT2D eigenvalue weighted by Gasteiger charge is -2.42. The molecule has 3 aromatic heterocycles. The van der Waals surface area contributed by atoms with Crippen molar-refractivity contribution in [2.24, 2.45) is 5.92 Å². The Morgan fingerprint density at radius 3 is 2.93 bits per heavy atom. The molecule has 2 aliphatic heterocycles. The average molecular weight is 413 g/mol. The molecule has 29 heavy (non-hydrogen) atoms. The van der Waals surface area contributed by atoms with Gasteiger partial charge in [-0.2, -0.15) is 0 Å². The van der Waals surface area contributed by atoms with E-state index in [-0.39, 0.29) is 5.56 Å². The molecular weight excluding hydrogens is 388 g/mol. The molecule has 0 unspecified atom stereocenters. The van der Waals surface area contributed by atoms with Crippen LogP contribution in [-0.4, -0.2) is 45.0 Å². The summed E-state index contributed by atoms with van der Waals surface area (Å²) < 4.78 is 7.31. The van der Waals surface area contributed by atoms with Crippen LogP contribution in [-0.2, 0) is 19.6 Å². The van der Waals surface area contributed by atoms with Crippen LogP contribution in [0.4, 0.5) is 5.13 Å². The Labute approximate surface area is 172 Å². The molecular formula is C20H24N6O2S. The van der Waals surface area contributed by atoms with Crippen LogP contribution in [0.5, 0.6) is 0 Å². The monoisotopic (exact) mass is 412 g/mol. The van der Waals surface area contributed by atoms with Gasteiger partial charge in [-0.05, 0) is 32.4 Å². The van der Waals surface area contributed by atoms with Crippen LogP contribution in [0.2, 0.25) is 0 Å². The summed E-state index contributed by atoms with van der Waals surface area (Å²) in [5.74, 6) is 1.64. The van der Waals surface area contributed by atoms with E-state index in [1.165, 1.54) is 0 Å². The Hall–Kier alpha value is -2.52. The van der Waals surface area contributed by atoms with Gasteiger partial charge in [0, 0.05) is 49.4 Å². The van der Waals surface area contributed by atoms with Gasteiger partial charge in [0.05, 0.1) is 12.2 Å². The molecule has 0 aliphatic carbocycles. The third-order valence-electron chi connectivity index (χ3n) is 5.84. The lowest BCUT2D eigenvalue weighted by atomic mass is 9.83. The average Bonchev–Trinajstić information content (AvgIpc) is 3.36. The van der Waals surface area contributed by atoms with Gasteiger partial charge in [-0.1, -0.05) is 22.6 Å². The van der Waals surface area contributed by atoms with E-state index in [1.807, 2.05) is 30.7 Å². The molecule has 9 heteroatoms. The van der Waals surface area contributed by atoms with Crippen LogP contribution in [0.1, 0.15) is 35.1 Å². The van der Waals surface area contributed by atoms with Crippen molar-refractivity contribution in [1.82, 2.24) is 24.8 Å². The summed E-state index contributed by atoms with van der Waals surface area (Å²) in [5, 5.41) is 13.1. The minimum atomic E-state index is 0.141. The first-order chi connectivity index (χ1) is 14.1. The van der Waals surface area contributed by atoms with Gasteiger partial charge < -0.3 is 14.0 Å². The van der Waals surface area contributed by atoms with E-state index in [4.69, 9.17) is 4.52 Å². The van der Waals surface area contributed by atoms with Crippen molar-refractivity contribution in [2.45, 2.75) is 38.9 Å². The van der Waals surface area contributed by atoms with E-state index in [0.29, 0.717) is 24.9 Å². The third-order valence-corrected chi connectivity index (χ3v) is 6.60. The Balaban J connectivity index is 1.35. The van der Waals surface area contributed by atoms with Crippen molar-refractivity contribution < 1.29 is 4.52 Å². The minimum absolute atomic E-state index is 0.141. The second-order valence-electron chi connectivity index (χ2n) is 8.23. The van der Waals surface area contributed by atoms with E-state index in [0.717, 1.165) is 53.9 Å². The van der Waals surface area contributed by atoms with Gasteiger partial charge in [-0.3, -0.25) is 9.69 Å². The number of aryl methyl sites for hydroxylation is 1. The molecule has 2 aliphatic rings. The summed E-state index contributed by atoms with van der Waals surface area (Å²) in [6, 6.07) is 6.08. The number of aromatic nitrogens is 4. The summed E-state index contributed by atoms with van der Waals surface area (Å²) in [6.45, 7) is 5.74. The molecule has 2 bridgehead atoms. The van der Waals surface area contributed by atoms with Crippen molar-refractivity contribution in [3.63, 3.8) is 0 Å². The van der Waals surface area contributed by atoms with E-state index in [2.05, 4.69) is 31.2 Å². The lowest BCUT2D eigenvalue weighted by Crippen LogP contribution is -2.47. The fourth-order valence-corrected chi connectivity index (χ4v) is 5.26. The zero-order valence-corrected chi connectivity index (χ0v) is 17.4. The van der Waals surface area contributed by atoms with Gasteiger partial charge in [0.1, 0.15) is 5.51 Å². The topological polar surface area (TPSA) is 80.3 Å². The SMILES string of the molecule is Cc1cc(CN(C)Cc2ccc3n(c2=O)C[C@H]2C[C@@H]3CN(c3nncs3)C2)on1. The predicted molar refractivity (Wildman–Crippen MR) is 110 cm³/mol. The first-order valence-corrected chi connectivity index (χ1v) is 10.8. The Kier molecular flexibility index (Phi) is 4.71. The number of nitrogens with zero attached hydrogens (tertiary/aromatic N) is 6. The molecule has 0 aromatic carbocycles. The maximum Gasteiger partial charge on any atom is 0.255 e. The fourth-order valence-electron chi connectivity index (χ4n) is 4.68. The van der Waals surface area contributed by atoms with E-state index >= 15 is 0 Å². The first-order valence-electron chi connectivity index (χ1n) is 9.91. The smallest absolute Gasteiger partial charge is 0.255 e. The van der Waals surface area contributed by atoms with Gasteiger partial charge in [-0.15, -0.1) is 10.2 Å². The Morgan fingerprint density at radius 2 is 2.17 bits per heavy atom. The summed E-state index contributed by atoms with van der Waals surface area (Å²) in [6.07, 6.45) is 1.14. The maximum atomic E-state index is 13.2. The van der Waals surface area contributed by atoms with Crippen molar-refractivity contribution in [1.29, 1.82) is 0 Å². The molecule has 3 aromatic rings. The standard InChI is InChI=1S/C20H24N6O2S/c1-13-5-17(28-23-13)11-24(2)9-15-3-4-18-16-6-14(8-26(18)19(15)27)7-25(10-16)20-22-21-12-29-20/h3-5,12,14,16H,6-11H2,1-2H3/t14-,16+/m0/s1. The van der Waals surface area contributed by atoms with Gasteiger partial charge in [0.2, 0.25) is 5.13 Å². The van der Waals surface area contributed by atoms with Crippen LogP contribution in [0.3, 0.4) is 0 Å². The number of piperidine rings is 1. The molecule has 2 atom stereocenters. The highest BCUT2D eigenvalue weighted by molar-refractivity contribution is 7.13. The van der Waals surface area contributed by atoms with E-state index in [9.17, 15) is 4.79 Å². The molecule has 5 heterocycles. The second kappa shape index (κ2) is 7.38. The van der Waals surface area contributed by atoms with Crippen LogP contribution < -0.4 is 10.5 Å². The van der Waals surface area contributed by atoms with Crippen molar-refractivity contribution in [3.05, 3.63) is 56.8 Å². The zero-order valence-electron chi connectivity index (χ0n) is 16.6. The molecule has 5 rings (SSSR count). The summed E-state index contributed by atoms with van der Waals surface area (Å²) >= 11 is 1.58. The number of hydrogen-bond donors (Lipinski definition) is 0. The number of anilines is 1. The summed E-state index contributed by atoms with van der Waals surface area (Å²) in [4.78, 5) is 17.6. The van der Waals surface area contributed by atoms with E-state index in [1.54, 1.807) is 16.8 Å². The van der Waals surface area contributed by atoms with Crippen molar-refractivity contribution in [3.8, 4) is 0 Å². The molecule has 0 saturated carbocycles. The van der Waals surface area contributed by atoms with Gasteiger partial charge in [0.15, 0.2) is 5.76 Å². The van der Waals surface area contributed by atoms with Crippen LogP contribution in [0, 0.1) is 12.8 Å². The first kappa shape index (κ1) is 18.5. The highest BCUT2D eigenvalue weighted by atomic mass is 32.1. The number of hydrogen-bond acceptors (Lipinski definition) is 8. The van der Waals surface area contributed by atoms with Gasteiger partial charge in [-0.25, -0.2) is 0 Å². The highest BCUT2D eigenvalue weighted by Gasteiger charge is 2.35. The normalized spacial score (nSPS) is 20.9. The maximum absolute atomic E-state index is 13.2. The molecule has 0 N–H and O–H groups in total. The number of fused-ring (bicyclic) bond motifs is 4. The Morgan fingerprint density at radius 1 is 1.28 bits per heavy atom. The molecule has 1 saturated heterocycles. The minimum Gasteiger partial charge on any atom is -0.360 e. The third kappa shape index (κ3) is 3.60.